The van der Waals surface area contributed by atoms with Crippen molar-refractivity contribution in [1.29, 1.82) is 0 Å². The van der Waals surface area contributed by atoms with E-state index in [4.69, 9.17) is 0 Å². The Balaban J connectivity index is 2.16. The first-order chi connectivity index (χ1) is 6.24. The van der Waals surface area contributed by atoms with Gasteiger partial charge in [-0.3, -0.25) is 4.99 Å². The quantitative estimate of drug-likeness (QED) is 0.731. The molecule has 0 aromatic carbocycles. The van der Waals surface area contributed by atoms with Gasteiger partial charge >= 0.3 is 0 Å². The molecule has 76 valence electrons. The van der Waals surface area contributed by atoms with Crippen LogP contribution in [-0.2, 0) is 0 Å². The van der Waals surface area contributed by atoms with Gasteiger partial charge in [0.05, 0.1) is 6.54 Å². The summed E-state index contributed by atoms with van der Waals surface area (Å²) >= 11 is 3.76. The molecular formula is C9H18N2S2. The van der Waals surface area contributed by atoms with Gasteiger partial charge in [0.2, 0.25) is 0 Å². The first-order valence-corrected chi connectivity index (χ1v) is 6.95. The van der Waals surface area contributed by atoms with E-state index in [0.717, 1.165) is 29.9 Å². The van der Waals surface area contributed by atoms with Gasteiger partial charge < -0.3 is 5.32 Å². The molecule has 0 radical (unpaired) electrons. The van der Waals surface area contributed by atoms with Crippen LogP contribution in [0.3, 0.4) is 0 Å². The molecule has 1 atom stereocenters. The van der Waals surface area contributed by atoms with Crippen LogP contribution in [0.5, 0.6) is 0 Å². The Morgan fingerprint density at radius 1 is 1.69 bits per heavy atom. The van der Waals surface area contributed by atoms with Crippen molar-refractivity contribution >= 4 is 28.7 Å². The summed E-state index contributed by atoms with van der Waals surface area (Å²) in [6.07, 6.45) is 2.13. The Kier molecular flexibility index (Phi) is 5.02. The first kappa shape index (κ1) is 11.2. The standard InChI is InChI=1S/C9H18N2S2/c1-7(2)8-6-11-9(13-8)10-4-5-12-3/h7-8H,4-6H2,1-3H3,(H,10,11). The maximum absolute atomic E-state index is 4.47. The molecule has 0 aromatic rings. The van der Waals surface area contributed by atoms with Crippen molar-refractivity contribution in [2.24, 2.45) is 10.9 Å². The molecule has 0 spiro atoms. The number of rotatable bonds is 4. The molecule has 0 aromatic heterocycles. The molecule has 0 amide bonds. The van der Waals surface area contributed by atoms with Gasteiger partial charge in [-0.15, -0.1) is 0 Å². The van der Waals surface area contributed by atoms with Crippen LogP contribution in [0.15, 0.2) is 4.99 Å². The van der Waals surface area contributed by atoms with Gasteiger partial charge in [0.1, 0.15) is 0 Å². The van der Waals surface area contributed by atoms with Crippen molar-refractivity contribution in [1.82, 2.24) is 5.32 Å². The van der Waals surface area contributed by atoms with E-state index < -0.39 is 0 Å². The number of amidine groups is 1. The van der Waals surface area contributed by atoms with E-state index in [1.807, 2.05) is 23.5 Å². The highest BCUT2D eigenvalue weighted by atomic mass is 32.2. The molecule has 1 rings (SSSR count). The number of aliphatic imine (C=N–C) groups is 1. The zero-order valence-corrected chi connectivity index (χ0v) is 10.2. The second-order valence-electron chi connectivity index (χ2n) is 3.47. The van der Waals surface area contributed by atoms with Crippen LogP contribution >= 0.6 is 23.5 Å². The second-order valence-corrected chi connectivity index (χ2v) is 5.68. The van der Waals surface area contributed by atoms with Crippen LogP contribution in [-0.4, -0.2) is 35.5 Å². The minimum absolute atomic E-state index is 0.691. The third-order valence-electron chi connectivity index (χ3n) is 2.00. The Bertz CT molecular complexity index is 180. The van der Waals surface area contributed by atoms with Crippen LogP contribution in [0, 0.1) is 5.92 Å². The molecule has 13 heavy (non-hydrogen) atoms. The molecule has 1 N–H and O–H groups in total. The second kappa shape index (κ2) is 5.81. The van der Waals surface area contributed by atoms with Gasteiger partial charge in [0.25, 0.3) is 0 Å². The summed E-state index contributed by atoms with van der Waals surface area (Å²) < 4.78 is 0. The van der Waals surface area contributed by atoms with Crippen LogP contribution in [0.1, 0.15) is 13.8 Å². The Morgan fingerprint density at radius 2 is 2.46 bits per heavy atom. The Labute approximate surface area is 89.3 Å². The lowest BCUT2D eigenvalue weighted by Crippen LogP contribution is -2.22. The summed E-state index contributed by atoms with van der Waals surface area (Å²) in [5, 5.41) is 5.20. The van der Waals surface area contributed by atoms with Gasteiger partial charge in [-0.05, 0) is 12.2 Å². The fraction of sp³-hybridized carbons (Fsp3) is 0.889. The average Bonchev–Trinajstić information content (AvgIpc) is 2.53. The van der Waals surface area contributed by atoms with E-state index in [-0.39, 0.29) is 0 Å². The molecule has 0 saturated carbocycles. The fourth-order valence-electron chi connectivity index (χ4n) is 1.10. The zero-order chi connectivity index (χ0) is 9.68. The Morgan fingerprint density at radius 3 is 3.00 bits per heavy atom. The van der Waals surface area contributed by atoms with E-state index in [2.05, 4.69) is 30.4 Å². The van der Waals surface area contributed by atoms with Gasteiger partial charge in [-0.1, -0.05) is 25.6 Å². The van der Waals surface area contributed by atoms with Crippen molar-refractivity contribution in [3.8, 4) is 0 Å². The number of hydrogen-bond donors (Lipinski definition) is 1. The monoisotopic (exact) mass is 218 g/mol. The first-order valence-electron chi connectivity index (χ1n) is 4.68. The molecule has 0 aliphatic carbocycles. The van der Waals surface area contributed by atoms with E-state index in [0.29, 0.717) is 5.25 Å². The SMILES string of the molecule is CSCCNC1=NCC(C(C)C)S1. The van der Waals surface area contributed by atoms with Gasteiger partial charge in [0, 0.05) is 17.5 Å². The highest BCUT2D eigenvalue weighted by molar-refractivity contribution is 8.14. The zero-order valence-electron chi connectivity index (χ0n) is 8.54. The minimum atomic E-state index is 0.691. The summed E-state index contributed by atoms with van der Waals surface area (Å²) in [5.74, 6) is 1.89. The maximum Gasteiger partial charge on any atom is 0.156 e. The molecule has 2 nitrogen and oxygen atoms in total. The van der Waals surface area contributed by atoms with E-state index in [1.165, 1.54) is 0 Å². The lowest BCUT2D eigenvalue weighted by atomic mass is 10.1. The number of hydrogen-bond acceptors (Lipinski definition) is 4. The third-order valence-corrected chi connectivity index (χ3v) is 4.11. The highest BCUT2D eigenvalue weighted by Crippen LogP contribution is 2.25. The van der Waals surface area contributed by atoms with Gasteiger partial charge in [-0.25, -0.2) is 0 Å². The summed E-state index contributed by atoms with van der Waals surface area (Å²) in [6, 6.07) is 0. The van der Waals surface area contributed by atoms with Gasteiger partial charge in [0.15, 0.2) is 5.17 Å². The van der Waals surface area contributed by atoms with Crippen LogP contribution in [0.25, 0.3) is 0 Å². The lowest BCUT2D eigenvalue weighted by molar-refractivity contribution is 0.621. The lowest BCUT2D eigenvalue weighted by Gasteiger charge is -2.11. The summed E-state index contributed by atoms with van der Waals surface area (Å²) in [5.41, 5.74) is 0. The average molecular weight is 218 g/mol. The third kappa shape index (κ3) is 3.81. The molecule has 1 unspecified atom stereocenters. The number of nitrogens with one attached hydrogen (secondary N) is 1. The van der Waals surface area contributed by atoms with Crippen molar-refractivity contribution in [3.05, 3.63) is 0 Å². The smallest absolute Gasteiger partial charge is 0.156 e. The molecule has 0 fully saturated rings. The van der Waals surface area contributed by atoms with Crippen LogP contribution in [0.4, 0.5) is 0 Å². The van der Waals surface area contributed by atoms with E-state index >= 15 is 0 Å². The normalized spacial score (nSPS) is 22.2. The largest absolute Gasteiger partial charge is 0.364 e. The molecular weight excluding hydrogens is 200 g/mol. The van der Waals surface area contributed by atoms with Gasteiger partial charge in [-0.2, -0.15) is 11.8 Å². The number of thioether (sulfide) groups is 2. The minimum Gasteiger partial charge on any atom is -0.364 e. The van der Waals surface area contributed by atoms with E-state index in [1.54, 1.807) is 0 Å². The predicted octanol–water partition coefficient (Wildman–Crippen LogP) is 2.07. The Hall–Kier alpha value is 0.170. The number of nitrogens with zero attached hydrogens (tertiary/aromatic N) is 1. The fourth-order valence-corrected chi connectivity index (χ4v) is 2.44. The maximum atomic E-state index is 4.47. The van der Waals surface area contributed by atoms with Crippen molar-refractivity contribution in [3.63, 3.8) is 0 Å². The summed E-state index contributed by atoms with van der Waals surface area (Å²) in [7, 11) is 0. The molecule has 0 bridgehead atoms. The van der Waals surface area contributed by atoms with Crippen LogP contribution < -0.4 is 5.32 Å². The summed E-state index contributed by atoms with van der Waals surface area (Å²) in [4.78, 5) is 4.47. The van der Waals surface area contributed by atoms with E-state index in [9.17, 15) is 0 Å². The molecule has 4 heteroatoms. The molecule has 1 heterocycles. The van der Waals surface area contributed by atoms with Crippen LogP contribution in [0.2, 0.25) is 0 Å². The summed E-state index contributed by atoms with van der Waals surface area (Å²) in [6.45, 7) is 6.55. The molecule has 1 aliphatic rings. The van der Waals surface area contributed by atoms with Crippen molar-refractivity contribution in [2.45, 2.75) is 19.1 Å². The highest BCUT2D eigenvalue weighted by Gasteiger charge is 2.21. The van der Waals surface area contributed by atoms with Crippen molar-refractivity contribution < 1.29 is 0 Å². The predicted molar refractivity (Wildman–Crippen MR) is 64.9 cm³/mol. The topological polar surface area (TPSA) is 24.4 Å². The molecule has 1 aliphatic heterocycles. The molecule has 0 saturated heterocycles. The van der Waals surface area contributed by atoms with Crippen molar-refractivity contribution in [2.75, 3.05) is 25.1 Å².